The van der Waals surface area contributed by atoms with E-state index < -0.39 is 16.3 Å². The normalized spacial score (nSPS) is 15.5. The summed E-state index contributed by atoms with van der Waals surface area (Å²) in [5.74, 6) is -0.173. The zero-order valence-corrected chi connectivity index (χ0v) is 18.1. The van der Waals surface area contributed by atoms with Crippen molar-refractivity contribution in [3.8, 4) is 17.6 Å². The number of nitrogens with two attached hydrogens (primary N) is 1. The highest BCUT2D eigenvalue weighted by Gasteiger charge is 2.32. The van der Waals surface area contributed by atoms with Crippen LogP contribution in [0.15, 0.2) is 50.9 Å². The second-order valence-corrected chi connectivity index (χ2v) is 9.68. The molecular formula is C21H23N5O5S. The van der Waals surface area contributed by atoms with E-state index in [1.165, 1.54) is 10.9 Å². The molecule has 0 atom stereocenters. The van der Waals surface area contributed by atoms with Crippen LogP contribution in [0.5, 0.6) is 11.8 Å². The Hall–Kier alpha value is -3.28. The summed E-state index contributed by atoms with van der Waals surface area (Å²) in [5, 5.41) is 11.0. The van der Waals surface area contributed by atoms with E-state index in [1.54, 1.807) is 37.3 Å². The van der Waals surface area contributed by atoms with Gasteiger partial charge in [0.25, 0.3) is 5.88 Å². The first-order valence-electron chi connectivity index (χ1n) is 10.2. The Bertz CT molecular complexity index is 1280. The first kappa shape index (κ1) is 20.6. The number of anilines is 1. The van der Waals surface area contributed by atoms with Crippen LogP contribution in [0.25, 0.3) is 17.0 Å². The highest BCUT2D eigenvalue weighted by Crippen LogP contribution is 2.61. The quantitative estimate of drug-likeness (QED) is 0.339. The molecule has 5 rings (SSSR count). The molecule has 0 saturated heterocycles. The lowest BCUT2D eigenvalue weighted by molar-refractivity contribution is 0.193. The van der Waals surface area contributed by atoms with Crippen molar-refractivity contribution in [2.24, 2.45) is 0 Å². The molecule has 32 heavy (non-hydrogen) atoms. The lowest BCUT2D eigenvalue weighted by atomic mass is 10.3. The van der Waals surface area contributed by atoms with Gasteiger partial charge in [-0.05, 0) is 44.7 Å². The number of fused-ring (bicyclic) bond motifs is 1. The molecule has 4 aromatic rings. The largest absolute Gasteiger partial charge is 0.502 e. The number of aryl methyl sites for hydroxylation is 1. The van der Waals surface area contributed by atoms with Crippen LogP contribution in [0, 0.1) is 6.92 Å². The lowest BCUT2D eigenvalue weighted by Crippen LogP contribution is -2.14. The summed E-state index contributed by atoms with van der Waals surface area (Å²) >= 11 is 0. The summed E-state index contributed by atoms with van der Waals surface area (Å²) in [5.41, 5.74) is 6.65. The van der Waals surface area contributed by atoms with Gasteiger partial charge in [0.2, 0.25) is 5.75 Å². The number of benzene rings is 1. The molecule has 0 amide bonds. The van der Waals surface area contributed by atoms with E-state index in [0.29, 0.717) is 5.52 Å². The highest BCUT2D eigenvalue weighted by atomic mass is 32.3. The Morgan fingerprint density at radius 2 is 1.88 bits per heavy atom. The van der Waals surface area contributed by atoms with Gasteiger partial charge in [0.1, 0.15) is 23.1 Å². The number of furan rings is 1. The maximum atomic E-state index is 11.0. The van der Waals surface area contributed by atoms with Gasteiger partial charge in [-0.25, -0.2) is 9.55 Å². The summed E-state index contributed by atoms with van der Waals surface area (Å²) in [4.78, 5) is 13.0. The molecule has 5 N–H and O–H groups in total. The molecule has 0 unspecified atom stereocenters. The van der Waals surface area contributed by atoms with E-state index in [2.05, 4.69) is 15.0 Å². The minimum absolute atomic E-state index is 0.0351. The second-order valence-electron chi connectivity index (χ2n) is 7.71. The van der Waals surface area contributed by atoms with Crippen molar-refractivity contribution >= 4 is 27.6 Å². The van der Waals surface area contributed by atoms with Crippen LogP contribution in [0.4, 0.5) is 5.82 Å². The third-order valence-electron chi connectivity index (χ3n) is 5.54. The number of hydrogen-bond acceptors (Lipinski definition) is 9. The van der Waals surface area contributed by atoms with Gasteiger partial charge in [-0.15, -0.1) is 10.6 Å². The van der Waals surface area contributed by atoms with Crippen LogP contribution in [0.2, 0.25) is 0 Å². The fourth-order valence-electron chi connectivity index (χ4n) is 3.99. The van der Waals surface area contributed by atoms with E-state index in [1.807, 2.05) is 0 Å². The molecule has 0 spiro atoms. The van der Waals surface area contributed by atoms with Crippen LogP contribution in [0.1, 0.15) is 31.4 Å². The maximum absolute atomic E-state index is 11.0. The molecule has 3 heterocycles. The first-order valence-corrected chi connectivity index (χ1v) is 11.7. The van der Waals surface area contributed by atoms with Crippen LogP contribution in [-0.2, 0) is 0 Å². The van der Waals surface area contributed by atoms with Crippen molar-refractivity contribution in [1.29, 1.82) is 0 Å². The van der Waals surface area contributed by atoms with Gasteiger partial charge >= 0.3 is 6.01 Å². The molecule has 1 aliphatic rings. The molecule has 168 valence electrons. The van der Waals surface area contributed by atoms with Crippen LogP contribution >= 0.6 is 10.6 Å². The topological polar surface area (TPSA) is 153 Å². The van der Waals surface area contributed by atoms with Gasteiger partial charge in [-0.1, -0.05) is 18.2 Å². The highest BCUT2D eigenvalue weighted by molar-refractivity contribution is 8.24. The van der Waals surface area contributed by atoms with E-state index in [-0.39, 0.29) is 45.0 Å². The molecule has 10 nitrogen and oxygen atoms in total. The Kier molecular flexibility index (Phi) is 4.96. The average molecular weight is 458 g/mol. The van der Waals surface area contributed by atoms with Gasteiger partial charge in [0.05, 0.1) is 4.90 Å². The zero-order chi connectivity index (χ0) is 22.5. The van der Waals surface area contributed by atoms with E-state index in [0.717, 1.165) is 25.7 Å². The zero-order valence-electron chi connectivity index (χ0n) is 17.3. The van der Waals surface area contributed by atoms with Crippen LogP contribution in [0.3, 0.4) is 0 Å². The van der Waals surface area contributed by atoms with E-state index in [4.69, 9.17) is 14.9 Å². The summed E-state index contributed by atoms with van der Waals surface area (Å²) < 4.78 is 34.9. The van der Waals surface area contributed by atoms with Gasteiger partial charge in [-0.2, -0.15) is 9.97 Å². The van der Waals surface area contributed by atoms with Crippen molar-refractivity contribution in [2.75, 3.05) is 5.73 Å². The number of aromatic hydroxyl groups is 1. The predicted molar refractivity (Wildman–Crippen MR) is 118 cm³/mol. The number of nitrogen functional groups attached to an aromatic ring is 1. The predicted octanol–water partition coefficient (Wildman–Crippen LogP) is 4.49. The molecule has 0 aliphatic heterocycles. The number of nitrogens with zero attached hydrogens (tertiary/aromatic N) is 4. The second kappa shape index (κ2) is 7.69. The third-order valence-corrected chi connectivity index (χ3v) is 7.52. The summed E-state index contributed by atoms with van der Waals surface area (Å²) in [7, 11) is -3.52. The molecular weight excluding hydrogens is 434 g/mol. The van der Waals surface area contributed by atoms with Gasteiger partial charge in [0, 0.05) is 0 Å². The van der Waals surface area contributed by atoms with E-state index >= 15 is 0 Å². The number of rotatable bonds is 5. The number of aromatic nitrogens is 4. The Balaban J connectivity index is 1.60. The Labute approximate surface area is 185 Å². The van der Waals surface area contributed by atoms with Crippen molar-refractivity contribution < 1.29 is 23.4 Å². The monoisotopic (exact) mass is 457 g/mol. The summed E-state index contributed by atoms with van der Waals surface area (Å²) in [6.07, 6.45) is 5.46. The van der Waals surface area contributed by atoms with Crippen molar-refractivity contribution in [3.63, 3.8) is 0 Å². The third kappa shape index (κ3) is 3.34. The van der Waals surface area contributed by atoms with Gasteiger partial charge in [-0.3, -0.25) is 9.11 Å². The molecule has 3 aromatic heterocycles. The first-order chi connectivity index (χ1) is 15.4. The van der Waals surface area contributed by atoms with Crippen molar-refractivity contribution in [2.45, 2.75) is 48.5 Å². The van der Waals surface area contributed by atoms with Crippen LogP contribution < -0.4 is 10.5 Å². The van der Waals surface area contributed by atoms with Gasteiger partial charge < -0.3 is 20.0 Å². The molecule has 0 radical (unpaired) electrons. The average Bonchev–Trinajstić information content (AvgIpc) is 3.48. The standard InChI is InChI=1S/C21H23N5O5S/c1-12-17(32(28,29)14-9-3-2-4-10-14)16(27)20(30-12)26-11-23-15-18(22)24-21(25-19(15)26)31-13-7-5-6-8-13/h2-4,9-11,13,27-29H,5-8H2,1H3,(H2,22,24,25). The number of hydrogen-bond donors (Lipinski definition) is 4. The summed E-state index contributed by atoms with van der Waals surface area (Å²) in [6, 6.07) is 8.42. The SMILES string of the molecule is Cc1oc(-n2cnc3c(N)nc(OC4CCCC4)nc32)c(O)c1S(O)(O)c1ccccc1. The van der Waals surface area contributed by atoms with Crippen molar-refractivity contribution in [1.82, 2.24) is 19.5 Å². The molecule has 0 bridgehead atoms. The molecule has 11 heteroatoms. The molecule has 1 fully saturated rings. The minimum atomic E-state index is -3.52. The smallest absolute Gasteiger partial charge is 0.320 e. The van der Waals surface area contributed by atoms with Gasteiger partial charge in [0.15, 0.2) is 17.0 Å². The minimum Gasteiger partial charge on any atom is -0.502 e. The lowest BCUT2D eigenvalue weighted by Gasteiger charge is -2.31. The summed E-state index contributed by atoms with van der Waals surface area (Å²) in [6.45, 7) is 1.55. The molecule has 1 aromatic carbocycles. The van der Waals surface area contributed by atoms with Crippen LogP contribution in [-0.4, -0.2) is 39.8 Å². The molecule has 1 aliphatic carbocycles. The van der Waals surface area contributed by atoms with E-state index in [9.17, 15) is 14.2 Å². The molecule has 1 saturated carbocycles. The Morgan fingerprint density at radius 1 is 1.16 bits per heavy atom. The number of imidazole rings is 1. The Morgan fingerprint density at radius 3 is 2.59 bits per heavy atom. The fraction of sp³-hybridized carbons (Fsp3) is 0.286. The number of ether oxygens (including phenoxy) is 1. The fourth-order valence-corrected chi connectivity index (χ4v) is 5.56. The maximum Gasteiger partial charge on any atom is 0.320 e. The van der Waals surface area contributed by atoms with Crippen molar-refractivity contribution in [3.05, 3.63) is 42.4 Å².